The quantitative estimate of drug-likeness (QED) is 0.900. The molecule has 1 aliphatic heterocycles. The zero-order chi connectivity index (χ0) is 17.5. The van der Waals surface area contributed by atoms with Gasteiger partial charge >= 0.3 is 0 Å². The lowest BCUT2D eigenvalue weighted by molar-refractivity contribution is -0.149. The van der Waals surface area contributed by atoms with Crippen molar-refractivity contribution in [2.24, 2.45) is 5.41 Å². The number of nitrogens with zero attached hydrogens (tertiary/aromatic N) is 1. The minimum absolute atomic E-state index is 0.161. The molecule has 1 N–H and O–H groups in total. The monoisotopic (exact) mass is 334 g/mol. The lowest BCUT2D eigenvalue weighted by Gasteiger charge is -2.59. The Morgan fingerprint density at radius 2 is 2.08 bits per heavy atom. The molecule has 132 valence electrons. The first-order chi connectivity index (χ1) is 11.3. The Bertz CT molecular complexity index is 630. The molecule has 0 atom stereocenters. The molecule has 2 aliphatic rings. The van der Waals surface area contributed by atoms with Crippen molar-refractivity contribution in [3.8, 4) is 5.75 Å². The van der Waals surface area contributed by atoms with Crippen molar-refractivity contribution in [1.82, 2.24) is 10.2 Å². The van der Waals surface area contributed by atoms with E-state index in [4.69, 9.17) is 4.74 Å². The highest BCUT2D eigenvalue weighted by Crippen LogP contribution is 2.48. The molecule has 0 aromatic heterocycles. The standard InChI is InChI=1S/C19H27FN2O2/c1-12(2)14-5-17(20)16(18(6-14)24-4)9-21-15-7-19(8-15)10-22(11-19)13(3)23/h5-6,12,15,21H,7-11H2,1-4H3. The van der Waals surface area contributed by atoms with Gasteiger partial charge in [-0.25, -0.2) is 4.39 Å². The molecule has 0 radical (unpaired) electrons. The molecule has 2 fully saturated rings. The first kappa shape index (κ1) is 17.2. The summed E-state index contributed by atoms with van der Waals surface area (Å²) in [5, 5.41) is 3.44. The molecule has 1 aliphatic carbocycles. The van der Waals surface area contributed by atoms with Crippen LogP contribution in [0.5, 0.6) is 5.75 Å². The minimum atomic E-state index is -0.203. The molecular weight excluding hydrogens is 307 g/mol. The fraction of sp³-hybridized carbons (Fsp3) is 0.632. The Morgan fingerprint density at radius 3 is 2.62 bits per heavy atom. The summed E-state index contributed by atoms with van der Waals surface area (Å²) in [7, 11) is 1.59. The number of hydrogen-bond acceptors (Lipinski definition) is 3. The van der Waals surface area contributed by atoms with E-state index in [1.54, 1.807) is 20.1 Å². The van der Waals surface area contributed by atoms with Crippen LogP contribution in [0.3, 0.4) is 0 Å². The van der Waals surface area contributed by atoms with Gasteiger partial charge in [-0.1, -0.05) is 13.8 Å². The van der Waals surface area contributed by atoms with Gasteiger partial charge < -0.3 is 15.0 Å². The third-order valence-electron chi connectivity index (χ3n) is 5.49. The highest BCUT2D eigenvalue weighted by molar-refractivity contribution is 5.74. The molecule has 1 saturated heterocycles. The Kier molecular flexibility index (Phi) is 4.56. The van der Waals surface area contributed by atoms with Crippen LogP contribution in [0.2, 0.25) is 0 Å². The molecule has 3 rings (SSSR count). The molecular formula is C19H27FN2O2. The van der Waals surface area contributed by atoms with Crippen molar-refractivity contribution in [2.45, 2.75) is 52.1 Å². The van der Waals surface area contributed by atoms with E-state index in [0.717, 1.165) is 31.5 Å². The number of nitrogens with one attached hydrogen (secondary N) is 1. The zero-order valence-electron chi connectivity index (χ0n) is 15.0. The second-order valence-electron chi connectivity index (χ2n) is 7.70. The molecule has 1 aromatic carbocycles. The fourth-order valence-electron chi connectivity index (χ4n) is 3.94. The van der Waals surface area contributed by atoms with Crippen LogP contribution in [0.1, 0.15) is 50.7 Å². The Balaban J connectivity index is 1.56. The molecule has 0 unspecified atom stereocenters. The predicted octanol–water partition coefficient (Wildman–Crippen LogP) is 3.06. The lowest BCUT2D eigenvalue weighted by Crippen LogP contribution is -2.66. The van der Waals surface area contributed by atoms with Gasteiger partial charge in [-0.15, -0.1) is 0 Å². The van der Waals surface area contributed by atoms with Gasteiger partial charge in [-0.2, -0.15) is 0 Å². The number of amides is 1. The van der Waals surface area contributed by atoms with Gasteiger partial charge in [0.25, 0.3) is 0 Å². The third kappa shape index (κ3) is 3.14. The fourth-order valence-corrected chi connectivity index (χ4v) is 3.94. The van der Waals surface area contributed by atoms with E-state index >= 15 is 0 Å². The summed E-state index contributed by atoms with van der Waals surface area (Å²) in [6.45, 7) is 7.94. The van der Waals surface area contributed by atoms with Crippen LogP contribution in [0.15, 0.2) is 12.1 Å². The number of methoxy groups -OCH3 is 1. The second kappa shape index (κ2) is 6.36. The first-order valence-electron chi connectivity index (χ1n) is 8.69. The van der Waals surface area contributed by atoms with Crippen LogP contribution < -0.4 is 10.1 Å². The predicted molar refractivity (Wildman–Crippen MR) is 91.6 cm³/mol. The maximum Gasteiger partial charge on any atom is 0.219 e. The number of halogens is 1. The number of ether oxygens (including phenoxy) is 1. The molecule has 4 nitrogen and oxygen atoms in total. The molecule has 1 saturated carbocycles. The summed E-state index contributed by atoms with van der Waals surface area (Å²) in [5.74, 6) is 0.844. The number of carbonyl (C=O) groups is 1. The largest absolute Gasteiger partial charge is 0.496 e. The topological polar surface area (TPSA) is 41.6 Å². The molecule has 24 heavy (non-hydrogen) atoms. The van der Waals surface area contributed by atoms with Gasteiger partial charge in [0.1, 0.15) is 11.6 Å². The number of likely N-dealkylation sites (tertiary alicyclic amines) is 1. The number of rotatable bonds is 5. The number of hydrogen-bond donors (Lipinski definition) is 1. The number of benzene rings is 1. The summed E-state index contributed by atoms with van der Waals surface area (Å²) in [5.41, 5.74) is 1.87. The molecule has 1 amide bonds. The smallest absolute Gasteiger partial charge is 0.219 e. The SMILES string of the molecule is COc1cc(C(C)C)cc(F)c1CNC1CC2(C1)CN(C(C)=O)C2. The van der Waals surface area contributed by atoms with Crippen molar-refractivity contribution in [3.63, 3.8) is 0 Å². The van der Waals surface area contributed by atoms with Crippen molar-refractivity contribution < 1.29 is 13.9 Å². The highest BCUT2D eigenvalue weighted by atomic mass is 19.1. The maximum atomic E-state index is 14.4. The van der Waals surface area contributed by atoms with Gasteiger partial charge in [0, 0.05) is 43.6 Å². The van der Waals surface area contributed by atoms with Crippen LogP contribution in [0, 0.1) is 11.2 Å². The average Bonchev–Trinajstić information content (AvgIpc) is 2.43. The Morgan fingerprint density at radius 1 is 1.42 bits per heavy atom. The van der Waals surface area contributed by atoms with E-state index in [2.05, 4.69) is 5.32 Å². The Labute approximate surface area is 143 Å². The zero-order valence-corrected chi connectivity index (χ0v) is 15.0. The van der Waals surface area contributed by atoms with E-state index < -0.39 is 0 Å². The van der Waals surface area contributed by atoms with Gasteiger partial charge in [0.2, 0.25) is 5.91 Å². The molecule has 1 heterocycles. The van der Waals surface area contributed by atoms with E-state index in [1.807, 2.05) is 24.8 Å². The Hall–Kier alpha value is -1.62. The summed E-state index contributed by atoms with van der Waals surface area (Å²) in [6, 6.07) is 3.94. The second-order valence-corrected chi connectivity index (χ2v) is 7.70. The van der Waals surface area contributed by atoms with E-state index in [-0.39, 0.29) is 17.6 Å². The van der Waals surface area contributed by atoms with Crippen LogP contribution in [-0.4, -0.2) is 37.0 Å². The maximum absolute atomic E-state index is 14.4. The van der Waals surface area contributed by atoms with Crippen molar-refractivity contribution in [1.29, 1.82) is 0 Å². The molecule has 5 heteroatoms. The number of carbonyl (C=O) groups excluding carboxylic acids is 1. The third-order valence-corrected chi connectivity index (χ3v) is 5.49. The van der Waals surface area contributed by atoms with Crippen LogP contribution in [-0.2, 0) is 11.3 Å². The summed E-state index contributed by atoms with van der Waals surface area (Å²) >= 11 is 0. The normalized spacial score (nSPS) is 19.3. The van der Waals surface area contributed by atoms with E-state index in [0.29, 0.717) is 29.3 Å². The van der Waals surface area contributed by atoms with Crippen molar-refractivity contribution in [2.75, 3.05) is 20.2 Å². The summed E-state index contributed by atoms with van der Waals surface area (Å²) in [6.07, 6.45) is 2.12. The van der Waals surface area contributed by atoms with Gasteiger partial charge in [-0.05, 0) is 36.5 Å². The van der Waals surface area contributed by atoms with Crippen LogP contribution >= 0.6 is 0 Å². The summed E-state index contributed by atoms with van der Waals surface area (Å²) < 4.78 is 19.8. The van der Waals surface area contributed by atoms with Crippen LogP contribution in [0.4, 0.5) is 4.39 Å². The first-order valence-corrected chi connectivity index (χ1v) is 8.69. The molecule has 1 spiro atoms. The van der Waals surface area contributed by atoms with Gasteiger partial charge in [0.05, 0.1) is 7.11 Å². The van der Waals surface area contributed by atoms with Gasteiger partial charge in [-0.3, -0.25) is 4.79 Å². The molecule has 0 bridgehead atoms. The van der Waals surface area contributed by atoms with E-state index in [9.17, 15) is 9.18 Å². The van der Waals surface area contributed by atoms with Gasteiger partial charge in [0.15, 0.2) is 0 Å². The van der Waals surface area contributed by atoms with Crippen molar-refractivity contribution in [3.05, 3.63) is 29.1 Å². The summed E-state index contributed by atoms with van der Waals surface area (Å²) in [4.78, 5) is 13.2. The van der Waals surface area contributed by atoms with E-state index in [1.165, 1.54) is 0 Å². The molecule has 1 aromatic rings. The average molecular weight is 334 g/mol. The lowest BCUT2D eigenvalue weighted by atomic mass is 9.60. The van der Waals surface area contributed by atoms with Crippen molar-refractivity contribution >= 4 is 5.91 Å². The highest BCUT2D eigenvalue weighted by Gasteiger charge is 2.52. The minimum Gasteiger partial charge on any atom is -0.496 e. The van der Waals surface area contributed by atoms with Crippen LogP contribution in [0.25, 0.3) is 0 Å².